The van der Waals surface area contributed by atoms with Crippen molar-refractivity contribution in [3.8, 4) is 0 Å². The summed E-state index contributed by atoms with van der Waals surface area (Å²) >= 11 is 0. The fourth-order valence-corrected chi connectivity index (χ4v) is 6.71. The van der Waals surface area contributed by atoms with Gasteiger partial charge in [0.2, 0.25) is 0 Å². The fourth-order valence-electron chi connectivity index (χ4n) is 6.71. The molecule has 3 aliphatic rings. The summed E-state index contributed by atoms with van der Waals surface area (Å²) in [7, 11) is 0. The predicted molar refractivity (Wildman–Crippen MR) is 132 cm³/mol. The van der Waals surface area contributed by atoms with Crippen molar-refractivity contribution in [3.63, 3.8) is 0 Å². The quantitative estimate of drug-likeness (QED) is 0.474. The molecule has 2 aromatic carbocycles. The second-order valence-corrected chi connectivity index (χ2v) is 11.2. The third-order valence-corrected chi connectivity index (χ3v) is 8.19. The molecule has 1 N–H and O–H groups in total. The molecule has 0 amide bonds. The molecule has 0 radical (unpaired) electrons. The topological polar surface area (TPSA) is 55.7 Å². The Hall–Kier alpha value is -2.92. The molecule has 0 unspecified atom stereocenters. The highest BCUT2D eigenvalue weighted by atomic mass is 19.4. The van der Waals surface area contributed by atoms with E-state index in [-0.39, 0.29) is 17.4 Å². The number of hydrogen-bond acceptors (Lipinski definition) is 5. The molecule has 1 aromatic heterocycles. The predicted octanol–water partition coefficient (Wildman–Crippen LogP) is 4.83. The van der Waals surface area contributed by atoms with Gasteiger partial charge >= 0.3 is 11.9 Å². The number of rotatable bonds is 5. The van der Waals surface area contributed by atoms with Gasteiger partial charge in [-0.3, -0.25) is 9.88 Å². The van der Waals surface area contributed by atoms with Crippen molar-refractivity contribution in [2.75, 3.05) is 44.2 Å². The third kappa shape index (κ3) is 4.20. The molecule has 0 saturated carbocycles. The monoisotopic (exact) mass is 536 g/mol. The van der Waals surface area contributed by atoms with Gasteiger partial charge in [-0.1, -0.05) is 13.0 Å². The number of oxazole rings is 1. The fraction of sp³-hybridized carbons (Fsp3) is 0.519. The second-order valence-electron chi connectivity index (χ2n) is 11.2. The van der Waals surface area contributed by atoms with E-state index >= 15 is 8.78 Å². The van der Waals surface area contributed by atoms with Crippen LogP contribution in [-0.4, -0.2) is 66.3 Å². The van der Waals surface area contributed by atoms with Gasteiger partial charge in [-0.25, -0.2) is 13.6 Å². The number of aromatic amines is 1. The van der Waals surface area contributed by atoms with E-state index in [4.69, 9.17) is 4.42 Å². The molecule has 1 spiro atoms. The Bertz CT molecular complexity index is 1410. The molecule has 2 atom stereocenters. The Labute approximate surface area is 216 Å². The normalized spacial score (nSPS) is 23.5. The van der Waals surface area contributed by atoms with Crippen LogP contribution in [0.5, 0.6) is 0 Å². The summed E-state index contributed by atoms with van der Waals surface area (Å²) in [4.78, 5) is 19.7. The number of nitrogens with zero attached hydrogens (tertiary/aromatic N) is 3. The Balaban J connectivity index is 1.37. The van der Waals surface area contributed by atoms with Crippen molar-refractivity contribution in [1.82, 2.24) is 14.8 Å². The second kappa shape index (κ2) is 8.81. The average molecular weight is 537 g/mol. The summed E-state index contributed by atoms with van der Waals surface area (Å²) in [5.41, 5.74) is 1.47. The van der Waals surface area contributed by atoms with E-state index in [2.05, 4.69) is 16.8 Å². The maximum Gasteiger partial charge on any atom is 0.417 e. The molecule has 38 heavy (non-hydrogen) atoms. The van der Waals surface area contributed by atoms with Gasteiger partial charge in [0.1, 0.15) is 11.6 Å². The lowest BCUT2D eigenvalue weighted by Gasteiger charge is -2.61. The molecule has 4 heterocycles. The van der Waals surface area contributed by atoms with Crippen molar-refractivity contribution in [3.05, 3.63) is 63.1 Å². The SMILES string of the molecule is CCCN1CC2(C1)CN(c1cc(F)c([C@@H]3c4ccc5[nH]c(=O)oc5c4C[C@@H](C)N3CC(F)(F)F)c(F)c1)C2. The number of anilines is 1. The largest absolute Gasteiger partial charge is 0.417 e. The first-order valence-electron chi connectivity index (χ1n) is 12.9. The minimum Gasteiger partial charge on any atom is -0.408 e. The third-order valence-electron chi connectivity index (χ3n) is 8.19. The molecule has 0 aliphatic carbocycles. The van der Waals surface area contributed by atoms with E-state index in [0.29, 0.717) is 35.4 Å². The van der Waals surface area contributed by atoms with Crippen molar-refractivity contribution in [1.29, 1.82) is 0 Å². The van der Waals surface area contributed by atoms with E-state index in [0.717, 1.165) is 31.0 Å². The standard InChI is InChI=1S/C27H29F5N4O2/c1-3-6-34-10-26(11-34)12-35(13-26)16-8-19(28)22(20(29)9-16)23-17-4-5-21-24(38-25(37)33-21)18(17)7-15(2)36(23)14-27(30,31)32/h4-5,8-9,15,23H,3,6-7,10-14H2,1-2H3,(H,33,37)/t15-,23+/m1/s1. The molecule has 2 fully saturated rings. The lowest BCUT2D eigenvalue weighted by Crippen LogP contribution is -2.72. The van der Waals surface area contributed by atoms with E-state index in [1.165, 1.54) is 24.3 Å². The van der Waals surface area contributed by atoms with Crippen LogP contribution in [0.25, 0.3) is 11.1 Å². The Morgan fingerprint density at radius 1 is 1.11 bits per heavy atom. The highest BCUT2D eigenvalue weighted by Gasteiger charge is 2.51. The number of fused-ring (bicyclic) bond motifs is 3. The van der Waals surface area contributed by atoms with Crippen LogP contribution < -0.4 is 10.7 Å². The van der Waals surface area contributed by atoms with E-state index < -0.39 is 47.8 Å². The van der Waals surface area contributed by atoms with E-state index in [9.17, 15) is 18.0 Å². The number of likely N-dealkylation sites (tertiary alicyclic amines) is 1. The number of halogens is 5. The Morgan fingerprint density at radius 3 is 2.42 bits per heavy atom. The summed E-state index contributed by atoms with van der Waals surface area (Å²) in [5.74, 6) is -2.49. The van der Waals surface area contributed by atoms with Gasteiger partial charge in [0, 0.05) is 54.5 Å². The molecule has 11 heteroatoms. The maximum absolute atomic E-state index is 15.8. The lowest BCUT2D eigenvalue weighted by atomic mass is 9.72. The summed E-state index contributed by atoms with van der Waals surface area (Å²) in [6, 6.07) is 3.41. The van der Waals surface area contributed by atoms with Gasteiger partial charge in [0.05, 0.1) is 18.1 Å². The highest BCUT2D eigenvalue weighted by Crippen LogP contribution is 2.46. The van der Waals surface area contributed by atoms with Crippen LogP contribution in [-0.2, 0) is 6.42 Å². The van der Waals surface area contributed by atoms with Crippen molar-refractivity contribution >= 4 is 16.8 Å². The summed E-state index contributed by atoms with van der Waals surface area (Å²) in [5, 5.41) is 0. The molecular formula is C27H29F5N4O2. The van der Waals surface area contributed by atoms with Crippen LogP contribution in [0.2, 0.25) is 0 Å². The van der Waals surface area contributed by atoms with Crippen LogP contribution in [0, 0.1) is 17.0 Å². The van der Waals surface area contributed by atoms with Crippen molar-refractivity contribution < 1.29 is 26.4 Å². The summed E-state index contributed by atoms with van der Waals surface area (Å²) in [6.45, 7) is 6.73. The van der Waals surface area contributed by atoms with E-state index in [1.807, 2.05) is 4.90 Å². The number of nitrogens with one attached hydrogen (secondary N) is 1. The number of hydrogen-bond donors (Lipinski definition) is 1. The van der Waals surface area contributed by atoms with E-state index in [1.54, 1.807) is 6.92 Å². The molecular weight excluding hydrogens is 507 g/mol. The van der Waals surface area contributed by atoms with Gasteiger partial charge in [0.15, 0.2) is 5.58 Å². The van der Waals surface area contributed by atoms with Gasteiger partial charge in [-0.05, 0) is 50.1 Å². The van der Waals surface area contributed by atoms with Crippen LogP contribution >= 0.6 is 0 Å². The van der Waals surface area contributed by atoms with Crippen LogP contribution in [0.3, 0.4) is 0 Å². The molecule has 204 valence electrons. The molecule has 2 saturated heterocycles. The van der Waals surface area contributed by atoms with Crippen LogP contribution in [0.15, 0.2) is 33.5 Å². The van der Waals surface area contributed by atoms with Gasteiger partial charge in [-0.15, -0.1) is 0 Å². The van der Waals surface area contributed by atoms with Crippen molar-refractivity contribution in [2.24, 2.45) is 5.41 Å². The number of H-pyrrole nitrogens is 1. The number of benzene rings is 2. The van der Waals surface area contributed by atoms with Gasteiger partial charge in [-0.2, -0.15) is 13.2 Å². The number of alkyl halides is 3. The molecule has 6 rings (SSSR count). The molecule has 3 aromatic rings. The minimum atomic E-state index is -4.58. The first-order chi connectivity index (χ1) is 18.0. The average Bonchev–Trinajstić information content (AvgIpc) is 3.15. The first kappa shape index (κ1) is 25.4. The smallest absolute Gasteiger partial charge is 0.408 e. The zero-order valence-electron chi connectivity index (χ0n) is 21.2. The van der Waals surface area contributed by atoms with Crippen LogP contribution in [0.1, 0.15) is 43.0 Å². The Kier molecular flexibility index (Phi) is 5.88. The molecule has 6 nitrogen and oxygen atoms in total. The zero-order chi connectivity index (χ0) is 27.0. The van der Waals surface area contributed by atoms with Crippen LogP contribution in [0.4, 0.5) is 27.6 Å². The van der Waals surface area contributed by atoms with Crippen molar-refractivity contribution in [2.45, 2.75) is 44.9 Å². The van der Waals surface area contributed by atoms with Gasteiger partial charge < -0.3 is 14.2 Å². The molecule has 3 aliphatic heterocycles. The minimum absolute atomic E-state index is 0.131. The maximum atomic E-state index is 15.8. The summed E-state index contributed by atoms with van der Waals surface area (Å²) < 4.78 is 77.7. The first-order valence-corrected chi connectivity index (χ1v) is 12.9. The number of aromatic nitrogens is 1. The lowest BCUT2D eigenvalue weighted by molar-refractivity contribution is -0.155. The zero-order valence-corrected chi connectivity index (χ0v) is 21.2. The molecule has 0 bridgehead atoms. The highest BCUT2D eigenvalue weighted by molar-refractivity contribution is 5.78. The Morgan fingerprint density at radius 2 is 1.79 bits per heavy atom. The summed E-state index contributed by atoms with van der Waals surface area (Å²) in [6.07, 6.45) is -3.37. The van der Waals surface area contributed by atoms with Gasteiger partial charge in [0.25, 0.3) is 0 Å².